The Morgan fingerprint density at radius 2 is 0.963 bits per heavy atom. The van der Waals surface area contributed by atoms with E-state index in [-0.39, 0.29) is 11.8 Å². The van der Waals surface area contributed by atoms with Crippen molar-refractivity contribution in [2.24, 2.45) is 11.8 Å². The highest BCUT2D eigenvalue weighted by molar-refractivity contribution is 5.80. The Labute approximate surface area is 169 Å². The third kappa shape index (κ3) is 19.7. The van der Waals surface area contributed by atoms with Crippen LogP contribution in [-0.4, -0.2) is 18.2 Å². The van der Waals surface area contributed by atoms with Crippen LogP contribution < -0.4 is 5.32 Å². The van der Waals surface area contributed by atoms with Gasteiger partial charge in [0.05, 0.1) is 0 Å². The lowest BCUT2D eigenvalue weighted by Crippen LogP contribution is -2.26. The molecule has 0 saturated carbocycles. The van der Waals surface area contributed by atoms with Crippen LogP contribution >= 0.6 is 0 Å². The van der Waals surface area contributed by atoms with Crippen molar-refractivity contribution in [2.75, 3.05) is 6.54 Å². The van der Waals surface area contributed by atoms with Gasteiger partial charge in [-0.2, -0.15) is 0 Å². The van der Waals surface area contributed by atoms with Gasteiger partial charge in [0.2, 0.25) is 5.91 Å². The molecule has 0 rings (SSSR count). The van der Waals surface area contributed by atoms with Crippen LogP contribution in [0.2, 0.25) is 0 Å². The van der Waals surface area contributed by atoms with E-state index in [0.29, 0.717) is 18.1 Å². The predicted molar refractivity (Wildman–Crippen MR) is 117 cm³/mol. The fourth-order valence-electron chi connectivity index (χ4n) is 3.22. The third-order valence-corrected chi connectivity index (χ3v) is 5.18. The molecule has 0 bridgehead atoms. The number of hydrogen-bond acceptors (Lipinski definition) is 2. The average Bonchev–Trinajstić information content (AvgIpc) is 2.62. The zero-order chi connectivity index (χ0) is 20.3. The number of unbranched alkanes of at least 4 members (excludes halogenated alkanes) is 12. The van der Waals surface area contributed by atoms with E-state index in [9.17, 15) is 9.59 Å². The van der Waals surface area contributed by atoms with E-state index in [1.807, 2.05) is 13.8 Å². The molecule has 160 valence electrons. The lowest BCUT2D eigenvalue weighted by atomic mass is 10.0. The van der Waals surface area contributed by atoms with E-state index in [1.165, 1.54) is 70.6 Å². The van der Waals surface area contributed by atoms with E-state index in [0.717, 1.165) is 25.8 Å². The van der Waals surface area contributed by atoms with Gasteiger partial charge in [0.15, 0.2) is 0 Å². The van der Waals surface area contributed by atoms with E-state index in [1.54, 1.807) is 0 Å². The molecule has 0 saturated heterocycles. The van der Waals surface area contributed by atoms with Crippen molar-refractivity contribution in [3.05, 3.63) is 0 Å². The second-order valence-corrected chi connectivity index (χ2v) is 8.92. The molecule has 0 unspecified atom stereocenters. The molecule has 1 amide bonds. The summed E-state index contributed by atoms with van der Waals surface area (Å²) in [4.78, 5) is 23.1. The minimum absolute atomic E-state index is 0.208. The second kappa shape index (κ2) is 18.5. The summed E-state index contributed by atoms with van der Waals surface area (Å²) < 4.78 is 0. The first-order chi connectivity index (χ1) is 12.9. The largest absolute Gasteiger partial charge is 0.356 e. The number of hydrogen-bond donors (Lipinski definition) is 1. The van der Waals surface area contributed by atoms with Gasteiger partial charge in [-0.25, -0.2) is 0 Å². The third-order valence-electron chi connectivity index (χ3n) is 5.18. The van der Waals surface area contributed by atoms with Gasteiger partial charge in [-0.05, 0) is 18.8 Å². The average molecular weight is 382 g/mol. The second-order valence-electron chi connectivity index (χ2n) is 8.92. The van der Waals surface area contributed by atoms with Gasteiger partial charge in [0.1, 0.15) is 5.78 Å². The van der Waals surface area contributed by atoms with Crippen LogP contribution in [0.1, 0.15) is 124 Å². The van der Waals surface area contributed by atoms with E-state index in [2.05, 4.69) is 19.2 Å². The summed E-state index contributed by atoms with van der Waals surface area (Å²) >= 11 is 0. The summed E-state index contributed by atoms with van der Waals surface area (Å²) in [7, 11) is 0. The Kier molecular flexibility index (Phi) is 17.9. The molecular weight excluding hydrogens is 334 g/mol. The molecule has 0 aromatic heterocycles. The maximum absolute atomic E-state index is 11.6. The lowest BCUT2D eigenvalue weighted by molar-refractivity contribution is -0.122. The zero-order valence-corrected chi connectivity index (χ0v) is 18.8. The molecule has 27 heavy (non-hydrogen) atoms. The van der Waals surface area contributed by atoms with Crippen molar-refractivity contribution in [3.63, 3.8) is 0 Å². The summed E-state index contributed by atoms with van der Waals surface area (Å²) in [5, 5.41) is 2.98. The Hall–Kier alpha value is -0.860. The van der Waals surface area contributed by atoms with Crippen molar-refractivity contribution in [1.82, 2.24) is 5.32 Å². The summed E-state index contributed by atoms with van der Waals surface area (Å²) in [5.41, 5.74) is 0. The van der Waals surface area contributed by atoms with E-state index in [4.69, 9.17) is 0 Å². The molecule has 0 aromatic rings. The lowest BCUT2D eigenvalue weighted by Gasteiger charge is -2.07. The van der Waals surface area contributed by atoms with Gasteiger partial charge in [-0.15, -0.1) is 0 Å². The van der Waals surface area contributed by atoms with Crippen LogP contribution in [0.15, 0.2) is 0 Å². The number of nitrogens with one attached hydrogen (secondary N) is 1. The number of amides is 1. The molecule has 0 radical (unpaired) electrons. The minimum Gasteiger partial charge on any atom is -0.356 e. The fraction of sp³-hybridized carbons (Fsp3) is 0.917. The highest BCUT2D eigenvalue weighted by Gasteiger charge is 2.05. The first-order valence-electron chi connectivity index (χ1n) is 11.7. The van der Waals surface area contributed by atoms with Gasteiger partial charge < -0.3 is 5.32 Å². The molecule has 0 aromatic carbocycles. The molecule has 0 aliphatic carbocycles. The van der Waals surface area contributed by atoms with E-state index < -0.39 is 0 Å². The SMILES string of the molecule is CC(C)CNC(=O)CCCCCCCCCCCCCCCC(=O)C(C)C. The van der Waals surface area contributed by atoms with Gasteiger partial charge in [-0.3, -0.25) is 9.59 Å². The van der Waals surface area contributed by atoms with Crippen molar-refractivity contribution in [3.8, 4) is 0 Å². The standard InChI is InChI=1S/C24H47NO2/c1-21(2)20-25-24(27)19-17-15-13-11-9-7-5-6-8-10-12-14-16-18-23(26)22(3)4/h21-22H,5-20H2,1-4H3,(H,25,27). The smallest absolute Gasteiger partial charge is 0.220 e. The Bertz CT molecular complexity index is 363. The number of rotatable bonds is 19. The molecule has 0 spiro atoms. The summed E-state index contributed by atoms with van der Waals surface area (Å²) in [5.74, 6) is 1.38. The molecule has 0 heterocycles. The van der Waals surface area contributed by atoms with Crippen molar-refractivity contribution in [2.45, 2.75) is 124 Å². The number of ketones is 1. The van der Waals surface area contributed by atoms with Crippen molar-refractivity contribution >= 4 is 11.7 Å². The summed E-state index contributed by atoms with van der Waals surface area (Å²) in [6, 6.07) is 0. The monoisotopic (exact) mass is 381 g/mol. The summed E-state index contributed by atoms with van der Waals surface area (Å²) in [6.07, 6.45) is 18.0. The van der Waals surface area contributed by atoms with Gasteiger partial charge in [0.25, 0.3) is 0 Å². The highest BCUT2D eigenvalue weighted by Crippen LogP contribution is 2.14. The molecule has 0 atom stereocenters. The molecule has 1 N–H and O–H groups in total. The van der Waals surface area contributed by atoms with Gasteiger partial charge in [0, 0.05) is 25.3 Å². The number of Topliss-reactive ketones (excluding diaryl/α,β-unsaturated/α-hetero) is 1. The van der Waals surface area contributed by atoms with Crippen LogP contribution in [0.5, 0.6) is 0 Å². The van der Waals surface area contributed by atoms with Crippen molar-refractivity contribution < 1.29 is 9.59 Å². The fourth-order valence-corrected chi connectivity index (χ4v) is 3.22. The Morgan fingerprint density at radius 1 is 0.593 bits per heavy atom. The molecule has 3 nitrogen and oxygen atoms in total. The molecule has 0 aliphatic rings. The normalized spacial score (nSPS) is 11.3. The Morgan fingerprint density at radius 3 is 1.33 bits per heavy atom. The van der Waals surface area contributed by atoms with Gasteiger partial charge in [-0.1, -0.05) is 98.3 Å². The molecular formula is C24H47NO2. The first-order valence-corrected chi connectivity index (χ1v) is 11.7. The van der Waals surface area contributed by atoms with Crippen LogP contribution in [-0.2, 0) is 9.59 Å². The maximum atomic E-state index is 11.6. The maximum Gasteiger partial charge on any atom is 0.220 e. The number of carbonyl (C=O) groups is 2. The van der Waals surface area contributed by atoms with Crippen LogP contribution in [0.25, 0.3) is 0 Å². The van der Waals surface area contributed by atoms with Crippen LogP contribution in [0, 0.1) is 11.8 Å². The first kappa shape index (κ1) is 26.1. The highest BCUT2D eigenvalue weighted by atomic mass is 16.1. The van der Waals surface area contributed by atoms with Crippen molar-refractivity contribution in [1.29, 1.82) is 0 Å². The predicted octanol–water partition coefficient (Wildman–Crippen LogP) is 6.84. The molecule has 0 fully saturated rings. The quantitative estimate of drug-likeness (QED) is 0.249. The number of carbonyl (C=O) groups excluding carboxylic acids is 2. The topological polar surface area (TPSA) is 46.2 Å². The zero-order valence-electron chi connectivity index (χ0n) is 18.8. The van der Waals surface area contributed by atoms with Gasteiger partial charge >= 0.3 is 0 Å². The Balaban J connectivity index is 3.17. The van der Waals surface area contributed by atoms with Crippen LogP contribution in [0.4, 0.5) is 0 Å². The summed E-state index contributed by atoms with van der Waals surface area (Å²) in [6.45, 7) is 9.04. The van der Waals surface area contributed by atoms with E-state index >= 15 is 0 Å². The molecule has 3 heteroatoms. The molecule has 0 aliphatic heterocycles. The minimum atomic E-state index is 0.208. The van der Waals surface area contributed by atoms with Crippen LogP contribution in [0.3, 0.4) is 0 Å².